The second-order valence-electron chi connectivity index (χ2n) is 3.88. The van der Waals surface area contributed by atoms with E-state index in [4.69, 9.17) is 23.8 Å². The molecule has 2 aromatic rings. The lowest BCUT2D eigenvalue weighted by Crippen LogP contribution is -2.44. The lowest BCUT2D eigenvalue weighted by molar-refractivity contribution is 0.0939. The highest BCUT2D eigenvalue weighted by atomic mass is 35.5. The molecule has 2 rings (SSSR count). The summed E-state index contributed by atoms with van der Waals surface area (Å²) in [6, 6.07) is 9.02. The maximum Gasteiger partial charge on any atom is 0.288 e. The fourth-order valence-electron chi connectivity index (χ4n) is 1.41. The van der Waals surface area contributed by atoms with Crippen LogP contribution in [-0.4, -0.2) is 16.0 Å². The minimum Gasteiger partial charge on any atom is -0.331 e. The van der Waals surface area contributed by atoms with E-state index in [0.29, 0.717) is 5.69 Å². The number of hydrazine groups is 1. The maximum atomic E-state index is 13.0. The first-order valence-electron chi connectivity index (χ1n) is 5.79. The highest BCUT2D eigenvalue weighted by Crippen LogP contribution is 2.19. The first-order valence-corrected chi connectivity index (χ1v) is 6.58. The molecule has 0 aliphatic carbocycles. The number of carbonyl (C=O) groups is 1. The second-order valence-corrected chi connectivity index (χ2v) is 4.69. The molecule has 3 N–H and O–H groups in total. The van der Waals surface area contributed by atoms with Crippen molar-refractivity contribution in [2.45, 2.75) is 0 Å². The fraction of sp³-hybridized carbons (Fsp3) is 0. The van der Waals surface area contributed by atoms with Gasteiger partial charge >= 0.3 is 0 Å². The van der Waals surface area contributed by atoms with Crippen LogP contribution in [0.1, 0.15) is 10.5 Å². The van der Waals surface area contributed by atoms with Crippen LogP contribution >= 0.6 is 23.8 Å². The summed E-state index contributed by atoms with van der Waals surface area (Å²) >= 11 is 10.6. The van der Waals surface area contributed by atoms with Gasteiger partial charge in [0.2, 0.25) is 0 Å². The SMILES string of the molecule is O=C(NNC(=S)Nc1ccc(F)c(Cl)c1)c1ccccn1. The number of hydrogen-bond acceptors (Lipinski definition) is 3. The van der Waals surface area contributed by atoms with Gasteiger partial charge in [-0.25, -0.2) is 4.39 Å². The number of rotatable bonds is 2. The monoisotopic (exact) mass is 324 g/mol. The van der Waals surface area contributed by atoms with Gasteiger partial charge in [0.05, 0.1) is 5.02 Å². The molecule has 0 bridgehead atoms. The molecule has 21 heavy (non-hydrogen) atoms. The first-order chi connectivity index (χ1) is 10.1. The van der Waals surface area contributed by atoms with Gasteiger partial charge in [-0.15, -0.1) is 0 Å². The molecule has 0 fully saturated rings. The van der Waals surface area contributed by atoms with Crippen LogP contribution in [0.25, 0.3) is 0 Å². The van der Waals surface area contributed by atoms with Crippen LogP contribution in [0.5, 0.6) is 0 Å². The molecule has 0 saturated heterocycles. The Kier molecular flexibility index (Phi) is 5.02. The average molecular weight is 325 g/mol. The standard InChI is InChI=1S/C13H10ClFN4OS/c14-9-7-8(4-5-10(9)15)17-13(21)19-18-12(20)11-3-1-2-6-16-11/h1-7H,(H,18,20)(H2,17,19,21). The Bertz CT molecular complexity index is 668. The molecule has 1 aromatic heterocycles. The predicted molar refractivity (Wildman–Crippen MR) is 82.5 cm³/mol. The summed E-state index contributed by atoms with van der Waals surface area (Å²) in [5.41, 5.74) is 5.63. The fourth-order valence-corrected chi connectivity index (χ4v) is 1.76. The van der Waals surface area contributed by atoms with Gasteiger partial charge in [-0.05, 0) is 42.5 Å². The van der Waals surface area contributed by atoms with Crippen LogP contribution in [0.15, 0.2) is 42.6 Å². The van der Waals surface area contributed by atoms with E-state index in [1.54, 1.807) is 18.2 Å². The molecule has 1 aromatic carbocycles. The number of amides is 1. The molecular formula is C13H10ClFN4OS. The number of carbonyl (C=O) groups excluding carboxylic acids is 1. The molecule has 1 amide bonds. The number of anilines is 1. The third-order valence-corrected chi connectivity index (χ3v) is 2.86. The molecule has 0 aliphatic heterocycles. The van der Waals surface area contributed by atoms with Crippen LogP contribution in [0.2, 0.25) is 5.02 Å². The van der Waals surface area contributed by atoms with E-state index in [1.165, 1.54) is 24.4 Å². The quantitative estimate of drug-likeness (QED) is 0.585. The third kappa shape index (κ3) is 4.37. The zero-order valence-electron chi connectivity index (χ0n) is 10.6. The van der Waals surface area contributed by atoms with E-state index >= 15 is 0 Å². The molecule has 1 heterocycles. The summed E-state index contributed by atoms with van der Waals surface area (Å²) in [5.74, 6) is -0.957. The van der Waals surface area contributed by atoms with Gasteiger partial charge in [-0.1, -0.05) is 17.7 Å². The predicted octanol–water partition coefficient (Wildman–Crippen LogP) is 2.51. The first kappa shape index (κ1) is 15.1. The van der Waals surface area contributed by atoms with Gasteiger partial charge in [0, 0.05) is 11.9 Å². The van der Waals surface area contributed by atoms with Gasteiger partial charge in [0.1, 0.15) is 11.5 Å². The maximum absolute atomic E-state index is 13.0. The van der Waals surface area contributed by atoms with Crippen molar-refractivity contribution in [3.05, 3.63) is 59.1 Å². The van der Waals surface area contributed by atoms with Crippen molar-refractivity contribution in [3.63, 3.8) is 0 Å². The smallest absolute Gasteiger partial charge is 0.288 e. The van der Waals surface area contributed by atoms with E-state index in [0.717, 1.165) is 0 Å². The number of hydrogen-bond donors (Lipinski definition) is 3. The molecule has 5 nitrogen and oxygen atoms in total. The lowest BCUT2D eigenvalue weighted by atomic mass is 10.3. The van der Waals surface area contributed by atoms with E-state index in [2.05, 4.69) is 21.2 Å². The van der Waals surface area contributed by atoms with E-state index in [1.807, 2.05) is 0 Å². The van der Waals surface area contributed by atoms with Gasteiger partial charge in [-0.3, -0.25) is 20.6 Å². The van der Waals surface area contributed by atoms with Crippen LogP contribution < -0.4 is 16.2 Å². The Morgan fingerprint density at radius 1 is 1.24 bits per heavy atom. The summed E-state index contributed by atoms with van der Waals surface area (Å²) in [4.78, 5) is 15.6. The van der Waals surface area contributed by atoms with Crippen LogP contribution in [0.4, 0.5) is 10.1 Å². The van der Waals surface area contributed by atoms with Crippen molar-refractivity contribution < 1.29 is 9.18 Å². The summed E-state index contributed by atoms with van der Waals surface area (Å²) in [5, 5.41) is 2.85. The summed E-state index contributed by atoms with van der Waals surface area (Å²) in [6.07, 6.45) is 1.51. The number of thiocarbonyl (C=S) groups is 1. The van der Waals surface area contributed by atoms with Crippen LogP contribution in [-0.2, 0) is 0 Å². The zero-order chi connectivity index (χ0) is 15.2. The Morgan fingerprint density at radius 3 is 2.71 bits per heavy atom. The Morgan fingerprint density at radius 2 is 2.05 bits per heavy atom. The average Bonchev–Trinajstić information content (AvgIpc) is 2.49. The van der Waals surface area contributed by atoms with Crippen molar-refractivity contribution in [2.24, 2.45) is 0 Å². The Labute approximate surface area is 130 Å². The molecule has 108 valence electrons. The normalized spacial score (nSPS) is 9.81. The summed E-state index contributed by atoms with van der Waals surface area (Å²) in [6.45, 7) is 0. The van der Waals surface area contributed by atoms with Crippen LogP contribution in [0, 0.1) is 5.82 Å². The van der Waals surface area contributed by atoms with Crippen molar-refractivity contribution >= 4 is 40.5 Å². The lowest BCUT2D eigenvalue weighted by Gasteiger charge is -2.11. The molecule has 0 aliphatic rings. The van der Waals surface area contributed by atoms with Gasteiger partial charge in [-0.2, -0.15) is 0 Å². The number of nitrogens with zero attached hydrogens (tertiary/aromatic N) is 1. The molecule has 8 heteroatoms. The van der Waals surface area contributed by atoms with Gasteiger partial charge in [0.25, 0.3) is 5.91 Å². The molecule has 0 atom stereocenters. The molecule has 0 saturated carbocycles. The number of nitrogens with one attached hydrogen (secondary N) is 3. The van der Waals surface area contributed by atoms with Gasteiger partial charge in [0.15, 0.2) is 5.11 Å². The molecule has 0 spiro atoms. The van der Waals surface area contributed by atoms with E-state index < -0.39 is 11.7 Å². The highest BCUT2D eigenvalue weighted by Gasteiger charge is 2.07. The van der Waals surface area contributed by atoms with Crippen molar-refractivity contribution in [2.75, 3.05) is 5.32 Å². The van der Waals surface area contributed by atoms with Crippen LogP contribution in [0.3, 0.4) is 0 Å². The number of benzene rings is 1. The Hall–Kier alpha value is -2.25. The van der Waals surface area contributed by atoms with Gasteiger partial charge < -0.3 is 5.32 Å². The van der Waals surface area contributed by atoms with E-state index in [9.17, 15) is 9.18 Å². The topological polar surface area (TPSA) is 66.1 Å². The minimum atomic E-state index is -0.524. The van der Waals surface area contributed by atoms with E-state index in [-0.39, 0.29) is 15.8 Å². The second kappa shape index (κ2) is 6.96. The zero-order valence-corrected chi connectivity index (χ0v) is 12.1. The molecular weight excluding hydrogens is 315 g/mol. The Balaban J connectivity index is 1.87. The highest BCUT2D eigenvalue weighted by molar-refractivity contribution is 7.80. The van der Waals surface area contributed by atoms with Crippen molar-refractivity contribution in [3.8, 4) is 0 Å². The number of pyridine rings is 1. The van der Waals surface area contributed by atoms with Crippen molar-refractivity contribution in [1.29, 1.82) is 0 Å². The number of aromatic nitrogens is 1. The third-order valence-electron chi connectivity index (χ3n) is 2.36. The largest absolute Gasteiger partial charge is 0.331 e. The molecule has 0 radical (unpaired) electrons. The summed E-state index contributed by atoms with van der Waals surface area (Å²) < 4.78 is 13.0. The minimum absolute atomic E-state index is 0.0275. The summed E-state index contributed by atoms with van der Waals surface area (Å²) in [7, 11) is 0. The van der Waals surface area contributed by atoms with Crippen molar-refractivity contribution in [1.82, 2.24) is 15.8 Å². The number of halogens is 2. The molecule has 0 unspecified atom stereocenters.